The van der Waals surface area contributed by atoms with Crippen LogP contribution >= 0.6 is 0 Å². The highest BCUT2D eigenvalue weighted by molar-refractivity contribution is 5.66. The molecule has 0 amide bonds. The molecule has 4 nitrogen and oxygen atoms in total. The van der Waals surface area contributed by atoms with Crippen LogP contribution in [0.15, 0.2) is 48.6 Å². The van der Waals surface area contributed by atoms with E-state index in [1.54, 1.807) is 6.08 Å². The van der Waals surface area contributed by atoms with Gasteiger partial charge in [-0.2, -0.15) is 0 Å². The zero-order valence-electron chi connectivity index (χ0n) is 14.7. The van der Waals surface area contributed by atoms with E-state index >= 15 is 0 Å². The molecule has 24 heavy (non-hydrogen) atoms. The van der Waals surface area contributed by atoms with Crippen LogP contribution in [0, 0.1) is 0 Å². The Morgan fingerprint density at radius 1 is 0.833 bits per heavy atom. The summed E-state index contributed by atoms with van der Waals surface area (Å²) >= 11 is 0. The normalized spacial score (nSPS) is 15.1. The van der Waals surface area contributed by atoms with Gasteiger partial charge in [-0.05, 0) is 44.9 Å². The van der Waals surface area contributed by atoms with Gasteiger partial charge in [0.15, 0.2) is 0 Å². The minimum absolute atomic E-state index is 0.156. The highest BCUT2D eigenvalue weighted by atomic mass is 16.4. The van der Waals surface area contributed by atoms with E-state index in [1.807, 2.05) is 18.2 Å². The van der Waals surface area contributed by atoms with E-state index in [1.165, 1.54) is 0 Å². The van der Waals surface area contributed by atoms with Crippen LogP contribution in [0.1, 0.15) is 58.3 Å². The number of allylic oxidation sites excluding steroid dienone is 6. The van der Waals surface area contributed by atoms with Crippen molar-refractivity contribution in [1.82, 2.24) is 0 Å². The van der Waals surface area contributed by atoms with Crippen molar-refractivity contribution in [2.45, 2.75) is 70.5 Å². The molecule has 4 heteroatoms. The fourth-order valence-electron chi connectivity index (χ4n) is 1.98. The van der Waals surface area contributed by atoms with Crippen LogP contribution in [0.3, 0.4) is 0 Å². The topological polar surface area (TPSA) is 77.8 Å². The molecular formula is C20H32O4. The molecule has 2 atom stereocenters. The fraction of sp³-hybridized carbons (Fsp3) is 0.550. The number of unbranched alkanes of at least 4 members (excludes halogenated alkanes) is 1. The number of aliphatic carboxylic acids is 1. The van der Waals surface area contributed by atoms with E-state index in [0.717, 1.165) is 19.3 Å². The van der Waals surface area contributed by atoms with Crippen molar-refractivity contribution in [2.24, 2.45) is 0 Å². The Kier molecular flexibility index (Phi) is 15.1. The van der Waals surface area contributed by atoms with Crippen molar-refractivity contribution < 1.29 is 20.1 Å². The summed E-state index contributed by atoms with van der Waals surface area (Å²) in [5.74, 6) is -0.794. The van der Waals surface area contributed by atoms with Gasteiger partial charge in [-0.3, -0.25) is 4.79 Å². The van der Waals surface area contributed by atoms with Gasteiger partial charge in [0.25, 0.3) is 0 Å². The first-order valence-electron chi connectivity index (χ1n) is 8.75. The quantitative estimate of drug-likeness (QED) is 0.329. The molecule has 0 spiro atoms. The third-order valence-corrected chi connectivity index (χ3v) is 3.41. The smallest absolute Gasteiger partial charge is 0.303 e. The second kappa shape index (κ2) is 16.2. The lowest BCUT2D eigenvalue weighted by atomic mass is 10.1. The molecule has 0 aromatic rings. The Morgan fingerprint density at radius 2 is 1.33 bits per heavy atom. The minimum Gasteiger partial charge on any atom is -0.481 e. The second-order valence-corrected chi connectivity index (χ2v) is 5.66. The van der Waals surface area contributed by atoms with Crippen LogP contribution in [0.4, 0.5) is 0 Å². The molecule has 0 fully saturated rings. The summed E-state index contributed by atoms with van der Waals surface area (Å²) in [7, 11) is 0. The molecule has 0 aromatic heterocycles. The van der Waals surface area contributed by atoms with Gasteiger partial charge in [0.1, 0.15) is 0 Å². The van der Waals surface area contributed by atoms with E-state index in [0.29, 0.717) is 25.7 Å². The molecule has 0 bridgehead atoms. The predicted molar refractivity (Wildman–Crippen MR) is 98.8 cm³/mol. The first-order chi connectivity index (χ1) is 11.6. The molecule has 0 unspecified atom stereocenters. The van der Waals surface area contributed by atoms with Crippen molar-refractivity contribution in [2.75, 3.05) is 0 Å². The van der Waals surface area contributed by atoms with Gasteiger partial charge in [-0.25, -0.2) is 0 Å². The van der Waals surface area contributed by atoms with E-state index in [4.69, 9.17) is 5.11 Å². The average Bonchev–Trinajstić information content (AvgIpc) is 2.55. The summed E-state index contributed by atoms with van der Waals surface area (Å²) in [6.45, 7) is 2.11. The minimum atomic E-state index is -0.794. The number of carboxylic acid groups (broad SMARTS) is 1. The van der Waals surface area contributed by atoms with Crippen molar-refractivity contribution in [3.05, 3.63) is 48.6 Å². The molecule has 3 N–H and O–H groups in total. The van der Waals surface area contributed by atoms with Crippen molar-refractivity contribution in [1.29, 1.82) is 0 Å². The van der Waals surface area contributed by atoms with Gasteiger partial charge >= 0.3 is 5.97 Å². The standard InChI is InChI=1S/C20H32O4/c1-2-3-4-5-6-7-8-9-12-15-18(21)19(22)16-13-10-11-14-17-20(23)24/h3-4,6-7,9-10,12-13,18-19,21-22H,2,5,8,11,14-17H2,1H3,(H,23,24)/b4-3-,7-6-,12-9-,13-10-/t18-,19+/m0/s1. The highest BCUT2D eigenvalue weighted by Crippen LogP contribution is 2.07. The van der Waals surface area contributed by atoms with Gasteiger partial charge in [-0.1, -0.05) is 55.5 Å². The lowest BCUT2D eigenvalue weighted by Gasteiger charge is -2.14. The number of carboxylic acids is 1. The Hall–Kier alpha value is -1.65. The largest absolute Gasteiger partial charge is 0.481 e. The molecule has 0 aliphatic heterocycles. The van der Waals surface area contributed by atoms with Gasteiger partial charge in [-0.15, -0.1) is 0 Å². The number of hydrogen-bond donors (Lipinski definition) is 3. The van der Waals surface area contributed by atoms with Crippen molar-refractivity contribution in [3.8, 4) is 0 Å². The Bertz CT molecular complexity index is 421. The monoisotopic (exact) mass is 336 g/mol. The lowest BCUT2D eigenvalue weighted by molar-refractivity contribution is -0.137. The molecule has 0 radical (unpaired) electrons. The molecule has 0 aliphatic carbocycles. The summed E-state index contributed by atoms with van der Waals surface area (Å²) in [6, 6.07) is 0. The van der Waals surface area contributed by atoms with Crippen LogP contribution in [0.25, 0.3) is 0 Å². The van der Waals surface area contributed by atoms with Crippen molar-refractivity contribution in [3.63, 3.8) is 0 Å². The third-order valence-electron chi connectivity index (χ3n) is 3.41. The number of rotatable bonds is 14. The number of hydrogen-bond acceptors (Lipinski definition) is 3. The Balaban J connectivity index is 3.75. The molecule has 0 saturated carbocycles. The van der Waals surface area contributed by atoms with Gasteiger partial charge in [0.2, 0.25) is 0 Å². The third kappa shape index (κ3) is 15.3. The molecule has 0 aliphatic rings. The van der Waals surface area contributed by atoms with E-state index < -0.39 is 18.2 Å². The number of aliphatic hydroxyl groups excluding tert-OH is 2. The summed E-state index contributed by atoms with van der Waals surface area (Å²) in [5.41, 5.74) is 0. The van der Waals surface area contributed by atoms with Crippen LogP contribution in [0.2, 0.25) is 0 Å². The maximum absolute atomic E-state index is 10.3. The van der Waals surface area contributed by atoms with Gasteiger partial charge in [0, 0.05) is 6.42 Å². The predicted octanol–water partition coefficient (Wildman–Crippen LogP) is 4.16. The Morgan fingerprint density at radius 3 is 1.88 bits per heavy atom. The molecular weight excluding hydrogens is 304 g/mol. The number of aliphatic hydroxyl groups is 2. The maximum Gasteiger partial charge on any atom is 0.303 e. The van der Waals surface area contributed by atoms with Crippen molar-refractivity contribution >= 4 is 5.97 Å². The molecule has 0 saturated heterocycles. The summed E-state index contributed by atoms with van der Waals surface area (Å²) in [5, 5.41) is 28.2. The van der Waals surface area contributed by atoms with Gasteiger partial charge < -0.3 is 15.3 Å². The summed E-state index contributed by atoms with van der Waals surface area (Å²) < 4.78 is 0. The maximum atomic E-state index is 10.3. The Labute approximate surface area is 145 Å². The van der Waals surface area contributed by atoms with E-state index in [2.05, 4.69) is 31.2 Å². The first kappa shape index (κ1) is 22.4. The molecule has 0 aromatic carbocycles. The number of carbonyl (C=O) groups is 1. The molecule has 136 valence electrons. The highest BCUT2D eigenvalue weighted by Gasteiger charge is 2.12. The van der Waals surface area contributed by atoms with E-state index in [9.17, 15) is 15.0 Å². The summed E-state index contributed by atoms with van der Waals surface area (Å²) in [6.07, 6.45) is 19.5. The first-order valence-corrected chi connectivity index (χ1v) is 8.75. The zero-order valence-corrected chi connectivity index (χ0v) is 14.7. The van der Waals surface area contributed by atoms with Crippen LogP contribution in [-0.2, 0) is 4.79 Å². The van der Waals surface area contributed by atoms with Crippen LogP contribution < -0.4 is 0 Å². The molecule has 0 heterocycles. The van der Waals surface area contributed by atoms with E-state index in [-0.39, 0.29) is 6.42 Å². The van der Waals surface area contributed by atoms with Gasteiger partial charge in [0.05, 0.1) is 12.2 Å². The average molecular weight is 336 g/mol. The lowest BCUT2D eigenvalue weighted by Crippen LogP contribution is -2.24. The fourth-order valence-corrected chi connectivity index (χ4v) is 1.98. The SMILES string of the molecule is CC/C=C\C/C=C\C/C=C\C[C@H](O)[C@H](O)C/C=C\CCCC(=O)O. The summed E-state index contributed by atoms with van der Waals surface area (Å²) in [4.78, 5) is 10.3. The molecule has 0 rings (SSSR count). The van der Waals surface area contributed by atoms with Crippen LogP contribution in [-0.4, -0.2) is 33.5 Å². The second-order valence-electron chi connectivity index (χ2n) is 5.66. The van der Waals surface area contributed by atoms with Crippen LogP contribution in [0.5, 0.6) is 0 Å². The zero-order chi connectivity index (χ0) is 18.0.